The van der Waals surface area contributed by atoms with Gasteiger partial charge in [-0.3, -0.25) is 0 Å². The van der Waals surface area contributed by atoms with Gasteiger partial charge in [0.05, 0.1) is 10.6 Å². The standard InChI is InChI=1S/C18H17BrN2O3/c19-15-14-17(23-13-8-4-7-12(22)9-13)20-10-21-18(14)24-16(15)11-5-2-1-3-6-11/h1-3,5-6,10,12-13,22H,4,7-9H2. The van der Waals surface area contributed by atoms with Crippen molar-refractivity contribution in [3.05, 3.63) is 41.1 Å². The van der Waals surface area contributed by atoms with Crippen molar-refractivity contribution >= 4 is 27.0 Å². The minimum absolute atomic E-state index is 0.0335. The minimum Gasteiger partial charge on any atom is -0.474 e. The zero-order valence-corrected chi connectivity index (χ0v) is 14.6. The van der Waals surface area contributed by atoms with Crippen molar-refractivity contribution in [2.75, 3.05) is 0 Å². The van der Waals surface area contributed by atoms with Gasteiger partial charge in [0, 0.05) is 12.0 Å². The Morgan fingerprint density at radius 2 is 2.00 bits per heavy atom. The van der Waals surface area contributed by atoms with Crippen molar-refractivity contribution in [2.45, 2.75) is 37.9 Å². The van der Waals surface area contributed by atoms with Crippen LogP contribution in [0.25, 0.3) is 22.4 Å². The summed E-state index contributed by atoms with van der Waals surface area (Å²) in [6.07, 6.45) is 4.47. The van der Waals surface area contributed by atoms with E-state index in [1.807, 2.05) is 30.3 Å². The Morgan fingerprint density at radius 1 is 1.17 bits per heavy atom. The minimum atomic E-state index is -0.297. The molecule has 6 heteroatoms. The lowest BCUT2D eigenvalue weighted by Crippen LogP contribution is -2.28. The van der Waals surface area contributed by atoms with Gasteiger partial charge in [0.25, 0.3) is 0 Å². The van der Waals surface area contributed by atoms with Gasteiger partial charge in [0.1, 0.15) is 17.8 Å². The average molecular weight is 389 g/mol. The van der Waals surface area contributed by atoms with E-state index in [0.29, 0.717) is 23.8 Å². The SMILES string of the molecule is OC1CCCC(Oc2ncnc3oc(-c4ccccc4)c(Br)c23)C1. The first kappa shape index (κ1) is 15.6. The van der Waals surface area contributed by atoms with Gasteiger partial charge >= 0.3 is 0 Å². The number of benzene rings is 1. The maximum atomic E-state index is 9.84. The molecule has 2 unspecified atom stereocenters. The molecule has 2 heterocycles. The molecule has 0 radical (unpaired) electrons. The molecule has 2 atom stereocenters. The van der Waals surface area contributed by atoms with Crippen LogP contribution in [0.2, 0.25) is 0 Å². The summed E-state index contributed by atoms with van der Waals surface area (Å²) in [4.78, 5) is 8.51. The predicted octanol–water partition coefficient (Wildman–Crippen LogP) is 4.33. The van der Waals surface area contributed by atoms with E-state index in [-0.39, 0.29) is 12.2 Å². The summed E-state index contributed by atoms with van der Waals surface area (Å²) in [6, 6.07) is 9.84. The summed E-state index contributed by atoms with van der Waals surface area (Å²) in [7, 11) is 0. The number of aliphatic hydroxyl groups is 1. The first-order chi connectivity index (χ1) is 11.7. The molecule has 1 saturated carbocycles. The normalized spacial score (nSPS) is 21.1. The van der Waals surface area contributed by atoms with Crippen LogP contribution < -0.4 is 4.74 Å². The van der Waals surface area contributed by atoms with Crippen LogP contribution >= 0.6 is 15.9 Å². The second-order valence-electron chi connectivity index (χ2n) is 6.03. The molecule has 24 heavy (non-hydrogen) atoms. The quantitative estimate of drug-likeness (QED) is 0.722. The molecular formula is C18H17BrN2O3. The Balaban J connectivity index is 1.73. The molecule has 4 rings (SSSR count). The maximum absolute atomic E-state index is 9.84. The molecule has 0 bridgehead atoms. The fraction of sp³-hybridized carbons (Fsp3) is 0.333. The van der Waals surface area contributed by atoms with Gasteiger partial charge in [-0.1, -0.05) is 30.3 Å². The van der Waals surface area contributed by atoms with E-state index < -0.39 is 0 Å². The van der Waals surface area contributed by atoms with E-state index in [2.05, 4.69) is 25.9 Å². The third-order valence-corrected chi connectivity index (χ3v) is 5.06. The van der Waals surface area contributed by atoms with Crippen LogP contribution in [-0.2, 0) is 0 Å². The number of aliphatic hydroxyl groups excluding tert-OH is 1. The Bertz CT molecular complexity index is 850. The van der Waals surface area contributed by atoms with E-state index in [4.69, 9.17) is 9.15 Å². The first-order valence-corrected chi connectivity index (χ1v) is 8.85. The molecule has 0 saturated heterocycles. The summed E-state index contributed by atoms with van der Waals surface area (Å²) in [6.45, 7) is 0. The van der Waals surface area contributed by atoms with Crippen molar-refractivity contribution in [1.29, 1.82) is 0 Å². The second kappa shape index (κ2) is 6.53. The number of ether oxygens (including phenoxy) is 1. The highest BCUT2D eigenvalue weighted by atomic mass is 79.9. The Hall–Kier alpha value is -1.92. The molecule has 2 aromatic heterocycles. The fourth-order valence-corrected chi connectivity index (χ4v) is 3.77. The van der Waals surface area contributed by atoms with E-state index in [1.165, 1.54) is 6.33 Å². The van der Waals surface area contributed by atoms with Gasteiger partial charge in [-0.15, -0.1) is 0 Å². The zero-order valence-electron chi connectivity index (χ0n) is 13.0. The number of halogens is 1. The molecule has 0 spiro atoms. The molecule has 3 aromatic rings. The highest BCUT2D eigenvalue weighted by Gasteiger charge is 2.25. The van der Waals surface area contributed by atoms with Crippen molar-refractivity contribution in [2.24, 2.45) is 0 Å². The average Bonchev–Trinajstić information content (AvgIpc) is 2.94. The molecule has 1 aliphatic carbocycles. The van der Waals surface area contributed by atoms with Gasteiger partial charge in [-0.05, 0) is 35.2 Å². The molecule has 1 aromatic carbocycles. The molecule has 124 valence electrons. The summed E-state index contributed by atoms with van der Waals surface area (Å²) in [5.74, 6) is 1.21. The summed E-state index contributed by atoms with van der Waals surface area (Å²) < 4.78 is 12.8. The Labute approximate surface area is 147 Å². The van der Waals surface area contributed by atoms with E-state index in [1.54, 1.807) is 0 Å². The molecule has 0 aliphatic heterocycles. The molecule has 1 N–H and O–H groups in total. The van der Waals surface area contributed by atoms with Crippen LogP contribution in [0, 0.1) is 0 Å². The van der Waals surface area contributed by atoms with Crippen molar-refractivity contribution in [1.82, 2.24) is 9.97 Å². The predicted molar refractivity (Wildman–Crippen MR) is 93.8 cm³/mol. The van der Waals surface area contributed by atoms with Crippen LogP contribution in [0.5, 0.6) is 5.88 Å². The lowest BCUT2D eigenvalue weighted by Gasteiger charge is -2.26. The summed E-state index contributed by atoms with van der Waals surface area (Å²) in [5.41, 5.74) is 1.45. The topological polar surface area (TPSA) is 68.4 Å². The van der Waals surface area contributed by atoms with Gasteiger partial charge in [0.2, 0.25) is 11.6 Å². The lowest BCUT2D eigenvalue weighted by molar-refractivity contribution is 0.0521. The van der Waals surface area contributed by atoms with Crippen LogP contribution in [0.1, 0.15) is 25.7 Å². The molecule has 1 aliphatic rings. The number of rotatable bonds is 3. The number of hydrogen-bond acceptors (Lipinski definition) is 5. The number of nitrogens with zero attached hydrogens (tertiary/aromatic N) is 2. The van der Waals surface area contributed by atoms with Crippen LogP contribution in [0.4, 0.5) is 0 Å². The monoisotopic (exact) mass is 388 g/mol. The smallest absolute Gasteiger partial charge is 0.234 e. The Morgan fingerprint density at radius 3 is 2.79 bits per heavy atom. The molecule has 1 fully saturated rings. The van der Waals surface area contributed by atoms with E-state index in [0.717, 1.165) is 34.7 Å². The third-order valence-electron chi connectivity index (χ3n) is 4.31. The Kier molecular flexibility index (Phi) is 4.24. The lowest BCUT2D eigenvalue weighted by atomic mass is 9.95. The second-order valence-corrected chi connectivity index (χ2v) is 6.82. The van der Waals surface area contributed by atoms with Gasteiger partial charge in [0.15, 0.2) is 5.76 Å². The molecule has 5 nitrogen and oxygen atoms in total. The van der Waals surface area contributed by atoms with Crippen molar-refractivity contribution < 1.29 is 14.3 Å². The number of hydrogen-bond donors (Lipinski definition) is 1. The van der Waals surface area contributed by atoms with Gasteiger partial charge in [-0.2, -0.15) is 0 Å². The maximum Gasteiger partial charge on any atom is 0.234 e. The first-order valence-electron chi connectivity index (χ1n) is 8.05. The summed E-state index contributed by atoms with van der Waals surface area (Å²) >= 11 is 3.61. The fourth-order valence-electron chi connectivity index (χ4n) is 3.12. The molecule has 0 amide bonds. The van der Waals surface area contributed by atoms with Crippen LogP contribution in [0.15, 0.2) is 45.5 Å². The van der Waals surface area contributed by atoms with Gasteiger partial charge in [-0.25, -0.2) is 9.97 Å². The zero-order chi connectivity index (χ0) is 16.5. The third kappa shape index (κ3) is 2.91. The van der Waals surface area contributed by atoms with Crippen molar-refractivity contribution in [3.63, 3.8) is 0 Å². The van der Waals surface area contributed by atoms with Crippen molar-refractivity contribution in [3.8, 4) is 17.2 Å². The number of aromatic nitrogens is 2. The van der Waals surface area contributed by atoms with Gasteiger partial charge < -0.3 is 14.3 Å². The largest absolute Gasteiger partial charge is 0.474 e. The summed E-state index contributed by atoms with van der Waals surface area (Å²) in [5, 5.41) is 10.6. The van der Waals surface area contributed by atoms with Crippen LogP contribution in [0.3, 0.4) is 0 Å². The van der Waals surface area contributed by atoms with E-state index in [9.17, 15) is 5.11 Å². The highest BCUT2D eigenvalue weighted by Crippen LogP contribution is 2.40. The highest BCUT2D eigenvalue weighted by molar-refractivity contribution is 9.10. The molecular weight excluding hydrogens is 372 g/mol. The van der Waals surface area contributed by atoms with Crippen LogP contribution in [-0.4, -0.2) is 27.3 Å². The number of furan rings is 1. The number of fused-ring (bicyclic) bond motifs is 1. The van der Waals surface area contributed by atoms with E-state index >= 15 is 0 Å².